The quantitative estimate of drug-likeness (QED) is 0.645. The van der Waals surface area contributed by atoms with E-state index in [0.717, 1.165) is 0 Å². The first-order valence-corrected chi connectivity index (χ1v) is 6.86. The number of amides is 1. The standard InChI is InChI=1S/C16H16N2O6/c1-22-13-8-10(9-14(23-2)15(13)24-3)16(19)17-11-4-6-12(7-5-11)18(20)21/h4-9H,1-3H3,(H,17,19). The highest BCUT2D eigenvalue weighted by atomic mass is 16.6. The van der Waals surface area contributed by atoms with Crippen molar-refractivity contribution in [1.29, 1.82) is 0 Å². The van der Waals surface area contributed by atoms with Gasteiger partial charge in [-0.05, 0) is 24.3 Å². The van der Waals surface area contributed by atoms with E-state index >= 15 is 0 Å². The molecule has 0 aliphatic heterocycles. The molecule has 0 unspecified atom stereocenters. The Morgan fingerprint density at radius 2 is 1.54 bits per heavy atom. The minimum atomic E-state index is -0.509. The molecule has 0 spiro atoms. The Morgan fingerprint density at radius 3 is 1.96 bits per heavy atom. The maximum Gasteiger partial charge on any atom is 0.269 e. The fourth-order valence-corrected chi connectivity index (χ4v) is 2.08. The van der Waals surface area contributed by atoms with Crippen LogP contribution in [0.15, 0.2) is 36.4 Å². The van der Waals surface area contributed by atoms with Gasteiger partial charge in [-0.2, -0.15) is 0 Å². The van der Waals surface area contributed by atoms with Gasteiger partial charge in [0.15, 0.2) is 11.5 Å². The van der Waals surface area contributed by atoms with Gasteiger partial charge < -0.3 is 19.5 Å². The van der Waals surface area contributed by atoms with E-state index in [0.29, 0.717) is 28.5 Å². The zero-order chi connectivity index (χ0) is 17.7. The maximum absolute atomic E-state index is 12.4. The summed E-state index contributed by atoms with van der Waals surface area (Å²) in [5.41, 5.74) is 0.669. The van der Waals surface area contributed by atoms with Crippen LogP contribution in [0.4, 0.5) is 11.4 Å². The molecule has 126 valence electrons. The Hall–Kier alpha value is -3.29. The molecule has 0 saturated carbocycles. The number of methoxy groups -OCH3 is 3. The number of rotatable bonds is 6. The van der Waals surface area contributed by atoms with Crippen molar-refractivity contribution in [3.05, 3.63) is 52.1 Å². The van der Waals surface area contributed by atoms with E-state index in [1.807, 2.05) is 0 Å². The van der Waals surface area contributed by atoms with Gasteiger partial charge in [0, 0.05) is 23.4 Å². The molecule has 1 amide bonds. The molecule has 0 aliphatic carbocycles. The second-order valence-electron chi connectivity index (χ2n) is 4.67. The molecule has 0 heterocycles. The minimum Gasteiger partial charge on any atom is -0.493 e. The summed E-state index contributed by atoms with van der Waals surface area (Å²) in [5, 5.41) is 13.3. The van der Waals surface area contributed by atoms with Gasteiger partial charge in [0.1, 0.15) is 0 Å². The summed E-state index contributed by atoms with van der Waals surface area (Å²) in [5.74, 6) is 0.673. The number of hydrogen-bond acceptors (Lipinski definition) is 6. The Labute approximate surface area is 138 Å². The van der Waals surface area contributed by atoms with E-state index < -0.39 is 10.8 Å². The molecule has 24 heavy (non-hydrogen) atoms. The number of benzene rings is 2. The van der Waals surface area contributed by atoms with Crippen LogP contribution in [-0.2, 0) is 0 Å². The van der Waals surface area contributed by atoms with Crippen molar-refractivity contribution < 1.29 is 23.9 Å². The largest absolute Gasteiger partial charge is 0.493 e. The SMILES string of the molecule is COc1cc(C(=O)Nc2ccc([N+](=O)[O-])cc2)cc(OC)c1OC. The molecule has 0 fully saturated rings. The summed E-state index contributed by atoms with van der Waals surface area (Å²) in [6.45, 7) is 0. The highest BCUT2D eigenvalue weighted by Crippen LogP contribution is 2.38. The number of non-ortho nitro benzene ring substituents is 1. The molecule has 0 atom stereocenters. The molecule has 8 nitrogen and oxygen atoms in total. The van der Waals surface area contributed by atoms with E-state index in [4.69, 9.17) is 14.2 Å². The molecule has 0 aromatic heterocycles. The van der Waals surface area contributed by atoms with E-state index in [2.05, 4.69) is 5.32 Å². The Bertz CT molecular complexity index is 733. The minimum absolute atomic E-state index is 0.0548. The van der Waals surface area contributed by atoms with Crippen molar-refractivity contribution in [2.45, 2.75) is 0 Å². The smallest absolute Gasteiger partial charge is 0.269 e. The van der Waals surface area contributed by atoms with Crippen LogP contribution in [0.1, 0.15) is 10.4 Å². The van der Waals surface area contributed by atoms with Crippen molar-refractivity contribution in [3.8, 4) is 17.2 Å². The first-order valence-electron chi connectivity index (χ1n) is 6.86. The van der Waals surface area contributed by atoms with Gasteiger partial charge in [0.05, 0.1) is 26.3 Å². The molecule has 0 aliphatic rings. The number of nitro groups is 1. The maximum atomic E-state index is 12.4. The van der Waals surface area contributed by atoms with Crippen LogP contribution in [0.2, 0.25) is 0 Å². The van der Waals surface area contributed by atoms with Gasteiger partial charge in [-0.25, -0.2) is 0 Å². The number of nitro benzene ring substituents is 1. The monoisotopic (exact) mass is 332 g/mol. The second kappa shape index (κ2) is 7.32. The molecule has 2 rings (SSSR count). The van der Waals surface area contributed by atoms with Gasteiger partial charge in [-0.1, -0.05) is 0 Å². The van der Waals surface area contributed by atoms with Crippen LogP contribution in [-0.4, -0.2) is 32.2 Å². The van der Waals surface area contributed by atoms with E-state index in [9.17, 15) is 14.9 Å². The summed E-state index contributed by atoms with van der Waals surface area (Å²) < 4.78 is 15.6. The molecule has 2 aromatic carbocycles. The summed E-state index contributed by atoms with van der Waals surface area (Å²) >= 11 is 0. The highest BCUT2D eigenvalue weighted by Gasteiger charge is 2.17. The van der Waals surface area contributed by atoms with Gasteiger partial charge in [-0.15, -0.1) is 0 Å². The molecular weight excluding hydrogens is 316 g/mol. The topological polar surface area (TPSA) is 99.9 Å². The normalized spacial score (nSPS) is 9.96. The predicted molar refractivity (Wildman–Crippen MR) is 87.1 cm³/mol. The van der Waals surface area contributed by atoms with Gasteiger partial charge in [0.25, 0.3) is 11.6 Å². The van der Waals surface area contributed by atoms with Gasteiger partial charge >= 0.3 is 0 Å². The lowest BCUT2D eigenvalue weighted by Gasteiger charge is -2.14. The molecule has 0 radical (unpaired) electrons. The third kappa shape index (κ3) is 3.54. The number of nitrogens with zero attached hydrogens (tertiary/aromatic N) is 1. The van der Waals surface area contributed by atoms with Crippen LogP contribution in [0.3, 0.4) is 0 Å². The Balaban J connectivity index is 2.27. The molecule has 2 aromatic rings. The Kier molecular flexibility index (Phi) is 5.20. The van der Waals surface area contributed by atoms with Crippen LogP contribution in [0.5, 0.6) is 17.2 Å². The fourth-order valence-electron chi connectivity index (χ4n) is 2.08. The fraction of sp³-hybridized carbons (Fsp3) is 0.188. The number of nitrogens with one attached hydrogen (secondary N) is 1. The van der Waals surface area contributed by atoms with E-state index in [1.165, 1.54) is 57.7 Å². The third-order valence-electron chi connectivity index (χ3n) is 3.26. The lowest BCUT2D eigenvalue weighted by molar-refractivity contribution is -0.384. The molecular formula is C16H16N2O6. The molecule has 0 saturated heterocycles. The lowest BCUT2D eigenvalue weighted by Crippen LogP contribution is -2.12. The van der Waals surface area contributed by atoms with E-state index in [-0.39, 0.29) is 5.69 Å². The lowest BCUT2D eigenvalue weighted by atomic mass is 10.1. The number of hydrogen-bond donors (Lipinski definition) is 1. The number of carbonyl (C=O) groups excluding carboxylic acids is 1. The zero-order valence-corrected chi connectivity index (χ0v) is 13.4. The van der Waals surface area contributed by atoms with Crippen molar-refractivity contribution >= 4 is 17.3 Å². The summed E-state index contributed by atoms with van der Waals surface area (Å²) in [6, 6.07) is 8.56. The van der Waals surface area contributed by atoms with Crippen molar-refractivity contribution in [1.82, 2.24) is 0 Å². The van der Waals surface area contributed by atoms with Crippen molar-refractivity contribution in [2.24, 2.45) is 0 Å². The summed E-state index contributed by atoms with van der Waals surface area (Å²) in [6.07, 6.45) is 0. The number of carbonyl (C=O) groups is 1. The number of ether oxygens (including phenoxy) is 3. The first-order chi connectivity index (χ1) is 11.5. The van der Waals surface area contributed by atoms with Crippen LogP contribution < -0.4 is 19.5 Å². The third-order valence-corrected chi connectivity index (χ3v) is 3.26. The number of anilines is 1. The first kappa shape index (κ1) is 17.1. The second-order valence-corrected chi connectivity index (χ2v) is 4.67. The predicted octanol–water partition coefficient (Wildman–Crippen LogP) is 2.87. The van der Waals surface area contributed by atoms with Crippen molar-refractivity contribution in [2.75, 3.05) is 26.6 Å². The Morgan fingerprint density at radius 1 is 1.00 bits per heavy atom. The molecule has 8 heteroatoms. The molecule has 0 bridgehead atoms. The van der Waals surface area contributed by atoms with Crippen LogP contribution in [0.25, 0.3) is 0 Å². The molecule has 1 N–H and O–H groups in total. The van der Waals surface area contributed by atoms with Crippen molar-refractivity contribution in [3.63, 3.8) is 0 Å². The summed E-state index contributed by atoms with van der Waals surface area (Å²) in [7, 11) is 4.38. The zero-order valence-electron chi connectivity index (χ0n) is 13.4. The van der Waals surface area contributed by atoms with Crippen LogP contribution >= 0.6 is 0 Å². The highest BCUT2D eigenvalue weighted by molar-refractivity contribution is 6.05. The average molecular weight is 332 g/mol. The van der Waals surface area contributed by atoms with Gasteiger partial charge in [-0.3, -0.25) is 14.9 Å². The van der Waals surface area contributed by atoms with Crippen LogP contribution in [0, 0.1) is 10.1 Å². The van der Waals surface area contributed by atoms with E-state index in [1.54, 1.807) is 0 Å². The average Bonchev–Trinajstić information content (AvgIpc) is 2.60. The summed E-state index contributed by atoms with van der Waals surface area (Å²) in [4.78, 5) is 22.5. The van der Waals surface area contributed by atoms with Gasteiger partial charge in [0.2, 0.25) is 5.75 Å².